The van der Waals surface area contributed by atoms with Crippen LogP contribution in [0.4, 0.5) is 0 Å². The van der Waals surface area contributed by atoms with Crippen molar-refractivity contribution >= 4 is 9.28 Å². The molecule has 4 nitrogen and oxygen atoms in total. The molecule has 0 aromatic carbocycles. The van der Waals surface area contributed by atoms with E-state index in [-0.39, 0.29) is 0 Å². The van der Waals surface area contributed by atoms with Crippen molar-refractivity contribution in [3.05, 3.63) is 0 Å². The van der Waals surface area contributed by atoms with Crippen LogP contribution in [0, 0.1) is 0 Å². The van der Waals surface area contributed by atoms with Crippen LogP contribution in [0.15, 0.2) is 0 Å². The first-order valence-corrected chi connectivity index (χ1v) is 8.99. The van der Waals surface area contributed by atoms with Gasteiger partial charge in [-0.3, -0.25) is 0 Å². The molecule has 0 fully saturated rings. The van der Waals surface area contributed by atoms with Crippen molar-refractivity contribution in [3.63, 3.8) is 0 Å². The van der Waals surface area contributed by atoms with Crippen molar-refractivity contribution in [2.24, 2.45) is 0 Å². The summed E-state index contributed by atoms with van der Waals surface area (Å²) in [6.45, 7) is 9.51. The van der Waals surface area contributed by atoms with Crippen molar-refractivity contribution in [3.8, 4) is 0 Å². The fourth-order valence-corrected chi connectivity index (χ4v) is 3.60. The molecule has 0 saturated carbocycles. The molecule has 0 radical (unpaired) electrons. The molecule has 0 saturated heterocycles. The summed E-state index contributed by atoms with van der Waals surface area (Å²) in [6.07, 6.45) is 3.84. The quantitative estimate of drug-likeness (QED) is 0.413. The Bertz CT molecular complexity index is 166. The first kappa shape index (κ1) is 18.1. The standard InChI is InChI=1S/C13H31NO3Si/c1-5-16-18(17-6-2)11-9-7-8-10-15-13(3)12-14-4/h13-14,18H,5-12H2,1-4H3. The van der Waals surface area contributed by atoms with Crippen molar-refractivity contribution in [2.75, 3.05) is 33.4 Å². The van der Waals surface area contributed by atoms with Gasteiger partial charge in [0.1, 0.15) is 0 Å². The molecule has 1 unspecified atom stereocenters. The lowest BCUT2D eigenvalue weighted by molar-refractivity contribution is 0.0645. The molecule has 1 N–H and O–H groups in total. The molecule has 0 heterocycles. The highest BCUT2D eigenvalue weighted by Gasteiger charge is 2.11. The Morgan fingerprint density at radius 1 is 1.06 bits per heavy atom. The number of rotatable bonds is 13. The van der Waals surface area contributed by atoms with Gasteiger partial charge in [-0.15, -0.1) is 0 Å². The highest BCUT2D eigenvalue weighted by Crippen LogP contribution is 2.07. The van der Waals surface area contributed by atoms with Crippen LogP contribution in [-0.2, 0) is 13.6 Å². The number of nitrogens with one attached hydrogen (secondary N) is 1. The van der Waals surface area contributed by atoms with Gasteiger partial charge < -0.3 is 18.9 Å². The van der Waals surface area contributed by atoms with E-state index in [0.29, 0.717) is 6.10 Å². The van der Waals surface area contributed by atoms with Gasteiger partial charge in [-0.1, -0.05) is 12.8 Å². The molecule has 0 aliphatic heterocycles. The van der Waals surface area contributed by atoms with E-state index in [1.165, 1.54) is 12.8 Å². The van der Waals surface area contributed by atoms with E-state index in [4.69, 9.17) is 13.6 Å². The second-order valence-electron chi connectivity index (χ2n) is 4.43. The van der Waals surface area contributed by atoms with Gasteiger partial charge in [-0.05, 0) is 40.3 Å². The Morgan fingerprint density at radius 2 is 1.72 bits per heavy atom. The summed E-state index contributed by atoms with van der Waals surface area (Å²) in [4.78, 5) is 0. The maximum atomic E-state index is 5.67. The van der Waals surface area contributed by atoms with E-state index in [2.05, 4.69) is 12.2 Å². The van der Waals surface area contributed by atoms with E-state index in [9.17, 15) is 0 Å². The Hall–Kier alpha value is 0.0569. The highest BCUT2D eigenvalue weighted by atomic mass is 28.3. The first-order valence-electron chi connectivity index (χ1n) is 7.23. The summed E-state index contributed by atoms with van der Waals surface area (Å²) in [5.41, 5.74) is 0. The Morgan fingerprint density at radius 3 is 2.28 bits per heavy atom. The molecule has 0 bridgehead atoms. The zero-order chi connectivity index (χ0) is 13.6. The van der Waals surface area contributed by atoms with Gasteiger partial charge in [0.2, 0.25) is 0 Å². The molecular formula is C13H31NO3Si. The van der Waals surface area contributed by atoms with Crippen LogP contribution >= 0.6 is 0 Å². The summed E-state index contributed by atoms with van der Waals surface area (Å²) in [5.74, 6) is 0. The van der Waals surface area contributed by atoms with Crippen molar-refractivity contribution < 1.29 is 13.6 Å². The fraction of sp³-hybridized carbons (Fsp3) is 1.00. The van der Waals surface area contributed by atoms with Crippen molar-refractivity contribution in [1.82, 2.24) is 5.32 Å². The molecule has 0 rings (SSSR count). The minimum Gasteiger partial charge on any atom is -0.397 e. The van der Waals surface area contributed by atoms with Crippen molar-refractivity contribution in [1.29, 1.82) is 0 Å². The normalized spacial score (nSPS) is 13.2. The average molecular weight is 277 g/mol. The molecule has 0 spiro atoms. The van der Waals surface area contributed by atoms with Gasteiger partial charge in [-0.2, -0.15) is 0 Å². The third-order valence-corrected chi connectivity index (χ3v) is 4.97. The molecule has 0 aromatic heterocycles. The molecule has 0 aromatic rings. The molecular weight excluding hydrogens is 246 g/mol. The number of hydrogen-bond acceptors (Lipinski definition) is 4. The third-order valence-electron chi connectivity index (χ3n) is 2.68. The van der Waals surface area contributed by atoms with E-state index in [1.807, 2.05) is 20.9 Å². The molecule has 1 atom stereocenters. The second kappa shape index (κ2) is 13.5. The van der Waals surface area contributed by atoms with E-state index >= 15 is 0 Å². The van der Waals surface area contributed by atoms with Gasteiger partial charge in [-0.25, -0.2) is 0 Å². The maximum Gasteiger partial charge on any atom is 0.321 e. The second-order valence-corrected chi connectivity index (χ2v) is 6.53. The van der Waals surface area contributed by atoms with Crippen LogP contribution in [-0.4, -0.2) is 48.8 Å². The summed E-state index contributed by atoms with van der Waals surface area (Å²) in [7, 11) is 0.583. The lowest BCUT2D eigenvalue weighted by Crippen LogP contribution is -2.24. The Balaban J connectivity index is 3.36. The summed E-state index contributed by atoms with van der Waals surface area (Å²) >= 11 is 0. The lowest BCUT2D eigenvalue weighted by Gasteiger charge is -2.15. The molecule has 0 amide bonds. The van der Waals surface area contributed by atoms with Crippen LogP contribution < -0.4 is 5.32 Å². The lowest BCUT2D eigenvalue weighted by atomic mass is 10.2. The van der Waals surface area contributed by atoms with Gasteiger partial charge in [0.05, 0.1) is 6.10 Å². The monoisotopic (exact) mass is 277 g/mol. The third kappa shape index (κ3) is 11.2. The molecule has 110 valence electrons. The van der Waals surface area contributed by atoms with Crippen molar-refractivity contribution in [2.45, 2.75) is 52.2 Å². The number of likely N-dealkylation sites (N-methyl/N-ethyl adjacent to an activating group) is 1. The minimum atomic E-state index is -1.37. The highest BCUT2D eigenvalue weighted by molar-refractivity contribution is 6.44. The van der Waals surface area contributed by atoms with Crippen LogP contribution in [0.3, 0.4) is 0 Å². The Kier molecular flexibility index (Phi) is 13.5. The molecule has 18 heavy (non-hydrogen) atoms. The predicted molar refractivity (Wildman–Crippen MR) is 78.4 cm³/mol. The fourth-order valence-electron chi connectivity index (χ4n) is 1.81. The Labute approximate surface area is 114 Å². The van der Waals surface area contributed by atoms with E-state index < -0.39 is 9.28 Å². The number of hydrogen-bond donors (Lipinski definition) is 1. The van der Waals surface area contributed by atoms with Crippen LogP contribution in [0.5, 0.6) is 0 Å². The van der Waals surface area contributed by atoms with Crippen LogP contribution in [0.1, 0.15) is 40.0 Å². The number of ether oxygens (including phenoxy) is 1. The summed E-state index contributed by atoms with van der Waals surface area (Å²) in [6, 6.07) is 1.12. The van der Waals surface area contributed by atoms with Gasteiger partial charge in [0.15, 0.2) is 0 Å². The summed E-state index contributed by atoms with van der Waals surface area (Å²) < 4.78 is 16.9. The topological polar surface area (TPSA) is 39.7 Å². The SMILES string of the molecule is CCO[SiH](CCCCCOC(C)CNC)OCC. The molecule has 0 aliphatic rings. The van der Waals surface area contributed by atoms with E-state index in [0.717, 1.165) is 38.8 Å². The largest absolute Gasteiger partial charge is 0.397 e. The number of unbranched alkanes of at least 4 members (excludes halogenated alkanes) is 2. The van der Waals surface area contributed by atoms with Gasteiger partial charge in [0, 0.05) is 26.4 Å². The molecule has 5 heteroatoms. The van der Waals surface area contributed by atoms with Gasteiger partial charge in [0.25, 0.3) is 0 Å². The van der Waals surface area contributed by atoms with Crippen LogP contribution in [0.25, 0.3) is 0 Å². The summed E-state index contributed by atoms with van der Waals surface area (Å²) in [5, 5.41) is 3.11. The smallest absolute Gasteiger partial charge is 0.321 e. The maximum absolute atomic E-state index is 5.67. The first-order chi connectivity index (χ1) is 8.74. The minimum absolute atomic E-state index is 0.309. The zero-order valence-corrected chi connectivity index (χ0v) is 13.7. The van der Waals surface area contributed by atoms with E-state index in [1.54, 1.807) is 0 Å². The average Bonchev–Trinajstić information content (AvgIpc) is 2.34. The zero-order valence-electron chi connectivity index (χ0n) is 12.5. The molecule has 0 aliphatic carbocycles. The van der Waals surface area contributed by atoms with Gasteiger partial charge >= 0.3 is 9.28 Å². The van der Waals surface area contributed by atoms with Crippen LogP contribution in [0.2, 0.25) is 6.04 Å². The predicted octanol–water partition coefficient (Wildman–Crippen LogP) is 2.07.